The number of likely N-dealkylation sites (tertiary alicyclic amines) is 1. The van der Waals surface area contributed by atoms with Gasteiger partial charge in [-0.05, 0) is 44.4 Å². The standard InChI is InChI=1S/C29H27N7O5S/c1-17-16-42-25(31-17)22-9-6-11-36(22)26(37)21-14-19(13-20(32-21)24-30-10-12-40-24)23-34-35-27(41-23)29(2,33-28(38)39)15-18-7-4-3-5-8-18/h3-5,7-8,10,12-14,16,22,33H,6,9,11,15H2,1-2H3,(H,38,39)/t22-,29-/m1/s1. The van der Waals surface area contributed by atoms with Gasteiger partial charge in [-0.2, -0.15) is 0 Å². The number of amides is 2. The van der Waals surface area contributed by atoms with E-state index in [1.54, 1.807) is 35.3 Å². The number of benzene rings is 1. The summed E-state index contributed by atoms with van der Waals surface area (Å²) in [5.41, 5.74) is 1.48. The van der Waals surface area contributed by atoms with Crippen molar-refractivity contribution in [2.45, 2.75) is 44.7 Å². The van der Waals surface area contributed by atoms with E-state index >= 15 is 0 Å². The van der Waals surface area contributed by atoms with Crippen LogP contribution in [-0.2, 0) is 12.0 Å². The molecule has 0 unspecified atom stereocenters. The Morgan fingerprint density at radius 3 is 2.71 bits per heavy atom. The lowest BCUT2D eigenvalue weighted by Crippen LogP contribution is -2.44. The normalized spacial score (nSPS) is 16.3. The van der Waals surface area contributed by atoms with Gasteiger partial charge in [0.1, 0.15) is 28.2 Å². The lowest BCUT2D eigenvalue weighted by molar-refractivity contribution is 0.0729. The van der Waals surface area contributed by atoms with Crippen LogP contribution in [0.3, 0.4) is 0 Å². The van der Waals surface area contributed by atoms with Crippen LogP contribution in [0, 0.1) is 6.92 Å². The second kappa shape index (κ2) is 11.2. The molecule has 2 amide bonds. The molecule has 1 aliphatic heterocycles. The number of nitrogens with zero attached hydrogens (tertiary/aromatic N) is 6. The van der Waals surface area contributed by atoms with Crippen LogP contribution in [0.5, 0.6) is 0 Å². The molecule has 0 saturated carbocycles. The van der Waals surface area contributed by atoms with Crippen LogP contribution >= 0.6 is 11.3 Å². The van der Waals surface area contributed by atoms with Crippen molar-refractivity contribution in [3.8, 4) is 23.0 Å². The van der Waals surface area contributed by atoms with Crippen molar-refractivity contribution in [3.05, 3.63) is 88.2 Å². The first-order chi connectivity index (χ1) is 20.3. The number of nitrogens with one attached hydrogen (secondary N) is 1. The highest BCUT2D eigenvalue weighted by atomic mass is 32.1. The SMILES string of the molecule is Cc1csc([C@H]2CCCN2C(=O)c2cc(-c3nnc([C@@](C)(Cc4ccccc4)NC(=O)O)o3)cc(-c3ncco3)n2)n1. The van der Waals surface area contributed by atoms with Gasteiger partial charge in [-0.25, -0.2) is 19.7 Å². The Morgan fingerprint density at radius 1 is 1.17 bits per heavy atom. The van der Waals surface area contributed by atoms with Gasteiger partial charge in [-0.3, -0.25) is 4.79 Å². The number of rotatable bonds is 8. The molecular weight excluding hydrogens is 558 g/mol. The number of aryl methyl sites for hydroxylation is 1. The van der Waals surface area contributed by atoms with Gasteiger partial charge in [0.05, 0.1) is 12.2 Å². The van der Waals surface area contributed by atoms with E-state index in [0.717, 1.165) is 29.1 Å². The van der Waals surface area contributed by atoms with Crippen LogP contribution in [0.1, 0.15) is 58.5 Å². The molecule has 0 aliphatic carbocycles. The topological polar surface area (TPSA) is 160 Å². The Morgan fingerprint density at radius 2 is 2.00 bits per heavy atom. The Bertz CT molecular complexity index is 1720. The number of hydrogen-bond donors (Lipinski definition) is 2. The third-order valence-corrected chi connectivity index (χ3v) is 8.12. The van der Waals surface area contributed by atoms with Gasteiger partial charge >= 0.3 is 6.09 Å². The first-order valence-electron chi connectivity index (χ1n) is 13.3. The Balaban J connectivity index is 1.37. The van der Waals surface area contributed by atoms with Crippen molar-refractivity contribution < 1.29 is 23.5 Å². The maximum Gasteiger partial charge on any atom is 0.405 e. The summed E-state index contributed by atoms with van der Waals surface area (Å²) in [7, 11) is 0. The van der Waals surface area contributed by atoms with Crippen molar-refractivity contribution in [1.82, 2.24) is 35.4 Å². The molecule has 0 radical (unpaired) electrons. The molecule has 42 heavy (non-hydrogen) atoms. The third-order valence-electron chi connectivity index (χ3n) is 7.06. The highest BCUT2D eigenvalue weighted by molar-refractivity contribution is 7.09. The first kappa shape index (κ1) is 27.3. The molecule has 0 spiro atoms. The molecule has 1 saturated heterocycles. The molecule has 1 fully saturated rings. The highest BCUT2D eigenvalue weighted by Gasteiger charge is 2.36. The average Bonchev–Trinajstić information content (AvgIpc) is 3.79. The minimum absolute atomic E-state index is 0.0739. The molecule has 2 N–H and O–H groups in total. The van der Waals surface area contributed by atoms with E-state index in [1.807, 2.05) is 42.6 Å². The zero-order valence-corrected chi connectivity index (χ0v) is 23.7. The molecular formula is C29H27N7O5S. The number of carboxylic acid groups (broad SMARTS) is 1. The van der Waals surface area contributed by atoms with Crippen molar-refractivity contribution in [2.75, 3.05) is 6.54 Å². The van der Waals surface area contributed by atoms with Crippen molar-refractivity contribution in [1.29, 1.82) is 0 Å². The maximum absolute atomic E-state index is 13.9. The summed E-state index contributed by atoms with van der Waals surface area (Å²) in [5.74, 6) is 0.126. The van der Waals surface area contributed by atoms with Crippen molar-refractivity contribution in [3.63, 3.8) is 0 Å². The molecule has 13 heteroatoms. The molecule has 4 aromatic heterocycles. The van der Waals surface area contributed by atoms with Crippen LogP contribution in [0.2, 0.25) is 0 Å². The maximum atomic E-state index is 13.9. The number of hydrogen-bond acceptors (Lipinski definition) is 10. The van der Waals surface area contributed by atoms with E-state index in [-0.39, 0.29) is 41.7 Å². The Hall–Kier alpha value is -4.91. The summed E-state index contributed by atoms with van der Waals surface area (Å²) in [6.07, 6.45) is 3.62. The van der Waals surface area contributed by atoms with E-state index < -0.39 is 11.6 Å². The molecule has 6 rings (SSSR count). The van der Waals surface area contributed by atoms with Crippen molar-refractivity contribution >= 4 is 23.3 Å². The Labute approximate surface area is 244 Å². The smallest absolute Gasteiger partial charge is 0.405 e. The summed E-state index contributed by atoms with van der Waals surface area (Å²) in [5, 5.41) is 23.4. The monoisotopic (exact) mass is 585 g/mol. The van der Waals surface area contributed by atoms with Crippen LogP contribution in [0.25, 0.3) is 23.0 Å². The fraction of sp³-hybridized carbons (Fsp3) is 0.276. The number of carbonyl (C=O) groups is 2. The van der Waals surface area contributed by atoms with Gasteiger partial charge in [-0.1, -0.05) is 30.3 Å². The molecule has 12 nitrogen and oxygen atoms in total. The van der Waals surface area contributed by atoms with Crippen LogP contribution in [0.15, 0.2) is 69.1 Å². The van der Waals surface area contributed by atoms with Crippen LogP contribution in [0.4, 0.5) is 4.79 Å². The number of carbonyl (C=O) groups excluding carboxylic acids is 1. The predicted octanol–water partition coefficient (Wildman–Crippen LogP) is 5.25. The van der Waals surface area contributed by atoms with E-state index in [9.17, 15) is 14.7 Å². The van der Waals surface area contributed by atoms with Crippen molar-refractivity contribution in [2.24, 2.45) is 0 Å². The number of oxazole rings is 1. The second-order valence-electron chi connectivity index (χ2n) is 10.3. The molecule has 214 valence electrons. The summed E-state index contributed by atoms with van der Waals surface area (Å²) >= 11 is 1.54. The fourth-order valence-corrected chi connectivity index (χ4v) is 6.08. The van der Waals surface area contributed by atoms with E-state index in [4.69, 9.17) is 8.83 Å². The van der Waals surface area contributed by atoms with Gasteiger partial charge in [-0.15, -0.1) is 21.5 Å². The summed E-state index contributed by atoms with van der Waals surface area (Å²) in [6.45, 7) is 4.19. The van der Waals surface area contributed by atoms with Gasteiger partial charge in [0.2, 0.25) is 17.7 Å². The molecule has 1 aromatic carbocycles. The van der Waals surface area contributed by atoms with Gasteiger partial charge in [0.25, 0.3) is 5.91 Å². The van der Waals surface area contributed by atoms with Gasteiger partial charge in [0, 0.05) is 29.6 Å². The Kier molecular flexibility index (Phi) is 7.25. The van der Waals surface area contributed by atoms with E-state index in [0.29, 0.717) is 17.8 Å². The lowest BCUT2D eigenvalue weighted by atomic mass is 9.93. The zero-order chi connectivity index (χ0) is 29.3. The summed E-state index contributed by atoms with van der Waals surface area (Å²) in [4.78, 5) is 40.8. The number of aromatic nitrogens is 5. The molecule has 2 atom stereocenters. The lowest BCUT2D eigenvalue weighted by Gasteiger charge is -2.25. The quantitative estimate of drug-likeness (QED) is 0.246. The minimum atomic E-state index is -1.23. The highest BCUT2D eigenvalue weighted by Crippen LogP contribution is 2.36. The summed E-state index contributed by atoms with van der Waals surface area (Å²) in [6, 6.07) is 12.5. The predicted molar refractivity (Wildman–Crippen MR) is 152 cm³/mol. The molecule has 5 aromatic rings. The zero-order valence-electron chi connectivity index (χ0n) is 22.9. The van der Waals surface area contributed by atoms with E-state index in [2.05, 4.69) is 30.5 Å². The number of pyridine rings is 1. The van der Waals surface area contributed by atoms with E-state index in [1.165, 1.54) is 12.5 Å². The average molecular weight is 586 g/mol. The first-order valence-corrected chi connectivity index (χ1v) is 14.2. The molecule has 5 heterocycles. The van der Waals surface area contributed by atoms with Crippen LogP contribution < -0.4 is 5.32 Å². The second-order valence-corrected chi connectivity index (χ2v) is 11.2. The fourth-order valence-electron chi connectivity index (χ4n) is 5.14. The summed E-state index contributed by atoms with van der Waals surface area (Å²) < 4.78 is 11.6. The number of thiazole rings is 1. The third kappa shape index (κ3) is 5.50. The van der Waals surface area contributed by atoms with Gasteiger partial charge in [0.15, 0.2) is 0 Å². The van der Waals surface area contributed by atoms with Gasteiger partial charge < -0.3 is 24.2 Å². The van der Waals surface area contributed by atoms with Crippen LogP contribution in [-0.4, -0.2) is 53.7 Å². The molecule has 1 aliphatic rings. The minimum Gasteiger partial charge on any atom is -0.465 e. The largest absolute Gasteiger partial charge is 0.465 e. The molecule has 0 bridgehead atoms.